The van der Waals surface area contributed by atoms with Gasteiger partial charge in [-0.25, -0.2) is 9.78 Å². The van der Waals surface area contributed by atoms with Gasteiger partial charge in [-0.3, -0.25) is 0 Å². The van der Waals surface area contributed by atoms with E-state index in [0.717, 1.165) is 5.56 Å². The standard InChI is InChI=1S/C13H11ClN2O3/c1-7-3-4-9(14)5-11(7)19-13-15-6-10(12(17)18)8(2)16-13/h3-6H,1-2H3,(H,17,18). The fourth-order valence-electron chi connectivity index (χ4n) is 1.49. The Morgan fingerprint density at radius 3 is 2.74 bits per heavy atom. The Labute approximate surface area is 114 Å². The zero-order chi connectivity index (χ0) is 14.0. The van der Waals surface area contributed by atoms with Crippen LogP contribution in [0.4, 0.5) is 0 Å². The summed E-state index contributed by atoms with van der Waals surface area (Å²) in [4.78, 5) is 18.7. The molecule has 0 aliphatic rings. The number of carboxylic acids is 1. The largest absolute Gasteiger partial charge is 0.478 e. The second-order valence-electron chi connectivity index (χ2n) is 3.97. The maximum absolute atomic E-state index is 10.9. The summed E-state index contributed by atoms with van der Waals surface area (Å²) in [6.45, 7) is 3.45. The molecule has 0 spiro atoms. The van der Waals surface area contributed by atoms with Crippen LogP contribution in [0.3, 0.4) is 0 Å². The predicted octanol–water partition coefficient (Wildman–Crippen LogP) is 3.24. The van der Waals surface area contributed by atoms with Crippen molar-refractivity contribution in [3.05, 3.63) is 46.2 Å². The molecule has 6 heteroatoms. The molecule has 0 radical (unpaired) electrons. The third kappa shape index (κ3) is 3.00. The molecule has 2 aromatic rings. The molecule has 0 aliphatic heterocycles. The van der Waals surface area contributed by atoms with Crippen LogP contribution in [0, 0.1) is 13.8 Å². The highest BCUT2D eigenvalue weighted by molar-refractivity contribution is 6.30. The number of aromatic carboxylic acids is 1. The Balaban J connectivity index is 2.31. The first-order valence-corrected chi connectivity index (χ1v) is 5.86. The number of nitrogens with zero attached hydrogens (tertiary/aromatic N) is 2. The smallest absolute Gasteiger partial charge is 0.339 e. The average Bonchev–Trinajstić information content (AvgIpc) is 2.33. The summed E-state index contributed by atoms with van der Waals surface area (Å²) >= 11 is 5.88. The van der Waals surface area contributed by atoms with E-state index in [1.807, 2.05) is 13.0 Å². The molecule has 0 bridgehead atoms. The van der Waals surface area contributed by atoms with E-state index in [4.69, 9.17) is 21.4 Å². The van der Waals surface area contributed by atoms with Crippen LogP contribution in [0.2, 0.25) is 5.02 Å². The quantitative estimate of drug-likeness (QED) is 0.933. The number of benzene rings is 1. The van der Waals surface area contributed by atoms with Crippen LogP contribution in [0.25, 0.3) is 0 Å². The molecule has 0 unspecified atom stereocenters. The van der Waals surface area contributed by atoms with Gasteiger partial charge in [0, 0.05) is 11.2 Å². The molecule has 0 saturated carbocycles. The van der Waals surface area contributed by atoms with Gasteiger partial charge in [0.05, 0.1) is 11.3 Å². The number of rotatable bonds is 3. The molecule has 0 fully saturated rings. The molecule has 5 nitrogen and oxygen atoms in total. The summed E-state index contributed by atoms with van der Waals surface area (Å²) in [7, 11) is 0. The molecule has 0 aliphatic carbocycles. The van der Waals surface area contributed by atoms with Crippen LogP contribution in [0.5, 0.6) is 11.8 Å². The van der Waals surface area contributed by atoms with Crippen molar-refractivity contribution in [1.29, 1.82) is 0 Å². The fraction of sp³-hybridized carbons (Fsp3) is 0.154. The van der Waals surface area contributed by atoms with Crippen LogP contribution in [0.15, 0.2) is 24.4 Å². The van der Waals surface area contributed by atoms with Crippen molar-refractivity contribution < 1.29 is 14.6 Å². The first-order chi connectivity index (χ1) is 8.97. The minimum absolute atomic E-state index is 0.0511. The van der Waals surface area contributed by atoms with E-state index in [2.05, 4.69) is 9.97 Å². The lowest BCUT2D eigenvalue weighted by Crippen LogP contribution is -2.04. The Bertz CT molecular complexity index is 644. The van der Waals surface area contributed by atoms with Crippen LogP contribution < -0.4 is 4.74 Å². The molecule has 98 valence electrons. The Kier molecular flexibility index (Phi) is 3.66. The first kappa shape index (κ1) is 13.3. The van der Waals surface area contributed by atoms with Crippen LogP contribution >= 0.6 is 11.6 Å². The highest BCUT2D eigenvalue weighted by Gasteiger charge is 2.11. The Morgan fingerprint density at radius 1 is 1.37 bits per heavy atom. The summed E-state index contributed by atoms with van der Waals surface area (Å²) < 4.78 is 5.51. The number of aryl methyl sites for hydroxylation is 2. The van der Waals surface area contributed by atoms with Gasteiger partial charge in [0.25, 0.3) is 0 Å². The van der Waals surface area contributed by atoms with Crippen molar-refractivity contribution in [3.63, 3.8) is 0 Å². The number of hydrogen-bond acceptors (Lipinski definition) is 4. The van der Waals surface area contributed by atoms with E-state index in [9.17, 15) is 4.79 Å². The minimum atomic E-state index is -1.07. The Morgan fingerprint density at radius 2 is 2.11 bits per heavy atom. The predicted molar refractivity (Wildman–Crippen MR) is 70.0 cm³/mol. The second kappa shape index (κ2) is 5.24. The topological polar surface area (TPSA) is 72.3 Å². The van der Waals surface area contributed by atoms with Gasteiger partial charge in [-0.15, -0.1) is 0 Å². The van der Waals surface area contributed by atoms with Gasteiger partial charge in [0.1, 0.15) is 5.75 Å². The zero-order valence-corrected chi connectivity index (χ0v) is 11.1. The summed E-state index contributed by atoms with van der Waals surface area (Å²) in [5.41, 5.74) is 1.28. The number of ether oxygens (including phenoxy) is 1. The molecule has 0 atom stereocenters. The van der Waals surface area contributed by atoms with Crippen molar-refractivity contribution in [2.45, 2.75) is 13.8 Å². The molecule has 1 aromatic carbocycles. The molecule has 1 N–H and O–H groups in total. The molecule has 0 amide bonds. The normalized spacial score (nSPS) is 10.3. The van der Waals surface area contributed by atoms with Crippen molar-refractivity contribution in [2.75, 3.05) is 0 Å². The van der Waals surface area contributed by atoms with E-state index in [1.165, 1.54) is 6.20 Å². The van der Waals surface area contributed by atoms with Crippen molar-refractivity contribution >= 4 is 17.6 Å². The molecule has 1 aromatic heterocycles. The van der Waals surface area contributed by atoms with E-state index in [0.29, 0.717) is 16.5 Å². The van der Waals surface area contributed by atoms with Crippen LogP contribution in [0.1, 0.15) is 21.6 Å². The molecule has 1 heterocycles. The van der Waals surface area contributed by atoms with E-state index < -0.39 is 5.97 Å². The van der Waals surface area contributed by atoms with Gasteiger partial charge < -0.3 is 9.84 Å². The average molecular weight is 279 g/mol. The van der Waals surface area contributed by atoms with Crippen molar-refractivity contribution in [1.82, 2.24) is 9.97 Å². The van der Waals surface area contributed by atoms with Crippen molar-refractivity contribution in [3.8, 4) is 11.8 Å². The van der Waals surface area contributed by atoms with Gasteiger partial charge in [-0.2, -0.15) is 4.98 Å². The third-order valence-corrected chi connectivity index (χ3v) is 2.77. The molecule has 2 rings (SSSR count). The molecular formula is C13H11ClN2O3. The number of aromatic nitrogens is 2. The maximum Gasteiger partial charge on any atom is 0.339 e. The Hall–Kier alpha value is -2.14. The monoisotopic (exact) mass is 278 g/mol. The SMILES string of the molecule is Cc1ccc(Cl)cc1Oc1ncc(C(=O)O)c(C)n1. The summed E-state index contributed by atoms with van der Waals surface area (Å²) in [6.07, 6.45) is 1.22. The highest BCUT2D eigenvalue weighted by Crippen LogP contribution is 2.26. The highest BCUT2D eigenvalue weighted by atomic mass is 35.5. The lowest BCUT2D eigenvalue weighted by molar-refractivity contribution is 0.0695. The lowest BCUT2D eigenvalue weighted by atomic mass is 10.2. The lowest BCUT2D eigenvalue weighted by Gasteiger charge is -2.08. The molecule has 0 saturated heterocycles. The van der Waals surface area contributed by atoms with Crippen LogP contribution in [-0.2, 0) is 0 Å². The minimum Gasteiger partial charge on any atom is -0.478 e. The maximum atomic E-state index is 10.9. The molecule has 19 heavy (non-hydrogen) atoms. The summed E-state index contributed by atoms with van der Waals surface area (Å²) in [6, 6.07) is 5.31. The number of halogens is 1. The van der Waals surface area contributed by atoms with E-state index in [-0.39, 0.29) is 11.6 Å². The van der Waals surface area contributed by atoms with Gasteiger partial charge >= 0.3 is 12.0 Å². The number of carboxylic acid groups (broad SMARTS) is 1. The summed E-state index contributed by atoms with van der Waals surface area (Å²) in [5.74, 6) is -0.530. The molecular weight excluding hydrogens is 268 g/mol. The fourth-order valence-corrected chi connectivity index (χ4v) is 1.65. The van der Waals surface area contributed by atoms with Crippen LogP contribution in [-0.4, -0.2) is 21.0 Å². The van der Waals surface area contributed by atoms with Gasteiger partial charge in [-0.1, -0.05) is 17.7 Å². The number of hydrogen-bond donors (Lipinski definition) is 1. The number of carbonyl (C=O) groups is 1. The first-order valence-electron chi connectivity index (χ1n) is 5.48. The van der Waals surface area contributed by atoms with E-state index in [1.54, 1.807) is 19.1 Å². The zero-order valence-electron chi connectivity index (χ0n) is 10.3. The summed E-state index contributed by atoms with van der Waals surface area (Å²) in [5, 5.41) is 9.43. The van der Waals surface area contributed by atoms with Gasteiger partial charge in [0.15, 0.2) is 0 Å². The third-order valence-electron chi connectivity index (χ3n) is 2.54. The van der Waals surface area contributed by atoms with Crippen molar-refractivity contribution in [2.24, 2.45) is 0 Å². The van der Waals surface area contributed by atoms with Gasteiger partial charge in [-0.05, 0) is 31.5 Å². The van der Waals surface area contributed by atoms with Gasteiger partial charge in [0.2, 0.25) is 0 Å². The second-order valence-corrected chi connectivity index (χ2v) is 4.41. The van der Waals surface area contributed by atoms with E-state index >= 15 is 0 Å².